The molecular weight excluding hydrogens is 579 g/mol. The van der Waals surface area contributed by atoms with Gasteiger partial charge < -0.3 is 15.4 Å². The van der Waals surface area contributed by atoms with E-state index in [1.807, 2.05) is 12.1 Å². The van der Waals surface area contributed by atoms with Crippen LogP contribution >= 0.6 is 34.3 Å². The smallest absolute Gasteiger partial charge is 0.151 e. The van der Waals surface area contributed by atoms with Crippen molar-refractivity contribution in [3.8, 4) is 16.2 Å². The highest BCUT2D eigenvalue weighted by atomic mass is 35.5. The highest BCUT2D eigenvalue weighted by Crippen LogP contribution is 2.38. The number of nitrogens with zero attached hydrogens (tertiary/aromatic N) is 2. The fourth-order valence-electron chi connectivity index (χ4n) is 3.78. The Morgan fingerprint density at radius 3 is 2.77 bits per heavy atom. The second-order valence-corrected chi connectivity index (χ2v) is 13.6. The monoisotopic (exact) mass is 602 g/mol. The normalized spacial score (nSPS) is 11.7. The lowest BCUT2D eigenvalue weighted by molar-refractivity contribution is 0.306. The summed E-state index contributed by atoms with van der Waals surface area (Å²) in [5.41, 5.74) is 3.36. The SMILES string of the molecule is CS(=O)(=O)CCNCc1cc(-c2cc3ncnc(Nc4ccc(OCc5cccc(F)c5)c(Cl)c4)c3s2)cs1. The molecule has 0 saturated heterocycles. The molecule has 3 aromatic heterocycles. The zero-order chi connectivity index (χ0) is 27.4. The fraction of sp³-hybridized carbons (Fsp3) is 0.185. The van der Waals surface area contributed by atoms with Gasteiger partial charge in [-0.1, -0.05) is 23.7 Å². The first-order chi connectivity index (χ1) is 18.7. The topological polar surface area (TPSA) is 93.2 Å². The summed E-state index contributed by atoms with van der Waals surface area (Å²) >= 11 is 9.67. The molecule has 0 spiro atoms. The number of sulfone groups is 1. The third kappa shape index (κ3) is 7.31. The molecular formula is C27H24ClFN4O3S3. The van der Waals surface area contributed by atoms with Crippen molar-refractivity contribution in [3.63, 3.8) is 0 Å². The van der Waals surface area contributed by atoms with Gasteiger partial charge >= 0.3 is 0 Å². The van der Waals surface area contributed by atoms with Crippen molar-refractivity contribution in [3.05, 3.63) is 87.6 Å². The molecule has 0 fully saturated rings. The molecule has 0 aliphatic rings. The second-order valence-electron chi connectivity index (χ2n) is 8.84. The number of anilines is 2. The first-order valence-electron chi connectivity index (χ1n) is 11.9. The highest BCUT2D eigenvalue weighted by Gasteiger charge is 2.13. The molecule has 0 radical (unpaired) electrons. The maximum Gasteiger partial charge on any atom is 0.151 e. The third-order valence-corrected chi connectivity index (χ3v) is 9.03. The number of aromatic nitrogens is 2. The predicted octanol–water partition coefficient (Wildman–Crippen LogP) is 6.67. The van der Waals surface area contributed by atoms with Crippen LogP contribution in [0.4, 0.5) is 15.9 Å². The quantitative estimate of drug-likeness (QED) is 0.163. The Kier molecular flexibility index (Phi) is 8.43. The average Bonchev–Trinajstić information content (AvgIpc) is 3.53. The number of halogens is 2. The van der Waals surface area contributed by atoms with Crippen molar-refractivity contribution < 1.29 is 17.5 Å². The van der Waals surface area contributed by atoms with E-state index < -0.39 is 9.84 Å². The molecule has 0 unspecified atom stereocenters. The van der Waals surface area contributed by atoms with E-state index in [0.29, 0.717) is 35.2 Å². The summed E-state index contributed by atoms with van der Waals surface area (Å²) < 4.78 is 42.7. The number of hydrogen-bond donors (Lipinski definition) is 2. The summed E-state index contributed by atoms with van der Waals surface area (Å²) in [6.07, 6.45) is 2.75. The Labute approximate surface area is 238 Å². The van der Waals surface area contributed by atoms with Crippen LogP contribution in [0.2, 0.25) is 5.02 Å². The first-order valence-corrected chi connectivity index (χ1v) is 16.0. The molecule has 5 aromatic rings. The van der Waals surface area contributed by atoms with Crippen LogP contribution in [0.3, 0.4) is 0 Å². The number of nitrogens with one attached hydrogen (secondary N) is 2. The number of fused-ring (bicyclic) bond motifs is 1. The van der Waals surface area contributed by atoms with E-state index >= 15 is 0 Å². The second kappa shape index (κ2) is 12.0. The van der Waals surface area contributed by atoms with E-state index in [1.54, 1.807) is 46.9 Å². The molecule has 7 nitrogen and oxygen atoms in total. The van der Waals surface area contributed by atoms with Gasteiger partial charge in [-0.05, 0) is 53.4 Å². The number of thiophene rings is 2. The van der Waals surface area contributed by atoms with Gasteiger partial charge in [0.1, 0.15) is 34.3 Å². The van der Waals surface area contributed by atoms with E-state index in [0.717, 1.165) is 31.2 Å². The van der Waals surface area contributed by atoms with Gasteiger partial charge in [-0.2, -0.15) is 0 Å². The van der Waals surface area contributed by atoms with E-state index in [2.05, 4.69) is 32.0 Å². The zero-order valence-corrected chi connectivity index (χ0v) is 24.0. The molecule has 2 N–H and O–H groups in total. The summed E-state index contributed by atoms with van der Waals surface area (Å²) in [7, 11) is -2.98. The number of ether oxygens (including phenoxy) is 1. The van der Waals surface area contributed by atoms with Crippen molar-refractivity contribution >= 4 is 65.8 Å². The zero-order valence-electron chi connectivity index (χ0n) is 20.8. The Morgan fingerprint density at radius 1 is 1.10 bits per heavy atom. The molecule has 202 valence electrons. The standard InChI is InChI=1S/C27H24ClFN4O3S3/c1-39(34,35)8-7-30-13-21-10-18(15-37-21)25-12-23-26(38-25)27(32-16-31-23)33-20-5-6-24(22(28)11-20)36-14-17-3-2-4-19(29)9-17/h2-6,9-12,15-16,30H,7-8,13-14H2,1H3,(H,31,32,33). The van der Waals surface area contributed by atoms with Crippen LogP contribution in [0.5, 0.6) is 5.75 Å². The van der Waals surface area contributed by atoms with Crippen LogP contribution in [-0.4, -0.2) is 36.9 Å². The van der Waals surface area contributed by atoms with Crippen LogP contribution in [0, 0.1) is 5.82 Å². The summed E-state index contributed by atoms with van der Waals surface area (Å²) in [5.74, 6) is 0.967. The Bertz CT molecular complexity index is 1720. The molecule has 0 atom stereocenters. The van der Waals surface area contributed by atoms with Crippen molar-refractivity contribution in [1.82, 2.24) is 15.3 Å². The predicted molar refractivity (Wildman–Crippen MR) is 158 cm³/mol. The minimum Gasteiger partial charge on any atom is -0.487 e. The molecule has 2 aromatic carbocycles. The number of benzene rings is 2. The van der Waals surface area contributed by atoms with Gasteiger partial charge in [0.05, 0.1) is 21.0 Å². The van der Waals surface area contributed by atoms with Gasteiger partial charge in [0.2, 0.25) is 0 Å². The molecule has 0 saturated carbocycles. The molecule has 5 rings (SSSR count). The molecule has 0 bridgehead atoms. The van der Waals surface area contributed by atoms with Crippen LogP contribution in [0.25, 0.3) is 20.7 Å². The summed E-state index contributed by atoms with van der Waals surface area (Å²) in [6.45, 7) is 1.24. The van der Waals surface area contributed by atoms with E-state index in [4.69, 9.17) is 16.3 Å². The first kappa shape index (κ1) is 27.5. The third-order valence-electron chi connectivity index (χ3n) is 5.68. The van der Waals surface area contributed by atoms with E-state index in [1.165, 1.54) is 24.7 Å². The van der Waals surface area contributed by atoms with Crippen molar-refractivity contribution in [2.75, 3.05) is 23.9 Å². The number of rotatable bonds is 11. The van der Waals surface area contributed by atoms with Crippen LogP contribution in [0.15, 0.2) is 66.3 Å². The number of hydrogen-bond acceptors (Lipinski definition) is 9. The van der Waals surface area contributed by atoms with Crippen LogP contribution in [-0.2, 0) is 23.0 Å². The van der Waals surface area contributed by atoms with Gasteiger partial charge in [-0.15, -0.1) is 22.7 Å². The van der Waals surface area contributed by atoms with E-state index in [-0.39, 0.29) is 18.2 Å². The maximum atomic E-state index is 13.4. The highest BCUT2D eigenvalue weighted by molar-refractivity contribution is 7.90. The van der Waals surface area contributed by atoms with Crippen LogP contribution in [0.1, 0.15) is 10.4 Å². The van der Waals surface area contributed by atoms with Gasteiger partial charge in [0, 0.05) is 40.4 Å². The lowest BCUT2D eigenvalue weighted by Crippen LogP contribution is -2.21. The molecule has 0 aliphatic heterocycles. The minimum atomic E-state index is -2.98. The molecule has 0 amide bonds. The molecule has 3 heterocycles. The van der Waals surface area contributed by atoms with Gasteiger partial charge in [0.15, 0.2) is 5.82 Å². The van der Waals surface area contributed by atoms with Crippen molar-refractivity contribution in [1.29, 1.82) is 0 Å². The Balaban J connectivity index is 1.26. The molecule has 0 aliphatic carbocycles. The van der Waals surface area contributed by atoms with Crippen molar-refractivity contribution in [2.45, 2.75) is 13.2 Å². The van der Waals surface area contributed by atoms with E-state index in [9.17, 15) is 12.8 Å². The lowest BCUT2D eigenvalue weighted by atomic mass is 10.2. The minimum absolute atomic E-state index is 0.117. The Morgan fingerprint density at radius 2 is 1.97 bits per heavy atom. The largest absolute Gasteiger partial charge is 0.487 e. The van der Waals surface area contributed by atoms with Gasteiger partial charge in [0.25, 0.3) is 0 Å². The average molecular weight is 603 g/mol. The summed E-state index contributed by atoms with van der Waals surface area (Å²) in [6, 6.07) is 15.7. The lowest BCUT2D eigenvalue weighted by Gasteiger charge is -2.11. The maximum absolute atomic E-state index is 13.4. The van der Waals surface area contributed by atoms with Crippen LogP contribution < -0.4 is 15.4 Å². The molecule has 39 heavy (non-hydrogen) atoms. The van der Waals surface area contributed by atoms with Gasteiger partial charge in [-0.25, -0.2) is 22.8 Å². The fourth-order valence-corrected chi connectivity index (χ4v) is 6.50. The van der Waals surface area contributed by atoms with Gasteiger partial charge in [-0.3, -0.25) is 0 Å². The van der Waals surface area contributed by atoms with Crippen molar-refractivity contribution in [2.24, 2.45) is 0 Å². The summed E-state index contributed by atoms with van der Waals surface area (Å²) in [4.78, 5) is 11.1. The molecule has 12 heteroatoms. The Hall–Kier alpha value is -3.09. The summed E-state index contributed by atoms with van der Waals surface area (Å²) in [5, 5.41) is 9.01.